The van der Waals surface area contributed by atoms with Gasteiger partial charge in [0.15, 0.2) is 5.78 Å². The molecule has 1 aromatic heterocycles. The van der Waals surface area contributed by atoms with E-state index in [-0.39, 0.29) is 23.8 Å². The normalized spacial score (nSPS) is 21.2. The average molecular weight is 270 g/mol. The van der Waals surface area contributed by atoms with Crippen molar-refractivity contribution in [2.45, 2.75) is 45.8 Å². The highest BCUT2D eigenvalue weighted by Gasteiger charge is 2.27. The van der Waals surface area contributed by atoms with Crippen LogP contribution < -0.4 is 0 Å². The van der Waals surface area contributed by atoms with Crippen LogP contribution in [0.5, 0.6) is 0 Å². The Kier molecular flexibility index (Phi) is 4.13. The van der Waals surface area contributed by atoms with Gasteiger partial charge in [-0.25, -0.2) is 0 Å². The van der Waals surface area contributed by atoms with Crippen LogP contribution in [-0.4, -0.2) is 28.9 Å². The summed E-state index contributed by atoms with van der Waals surface area (Å²) in [6, 6.07) is 2.20. The Morgan fingerprint density at radius 2 is 2.33 bits per heavy atom. The van der Waals surface area contributed by atoms with Gasteiger partial charge in [-0.3, -0.25) is 4.79 Å². The third-order valence-electron chi connectivity index (χ3n) is 3.82. The lowest BCUT2D eigenvalue weighted by molar-refractivity contribution is 0.0720. The van der Waals surface area contributed by atoms with E-state index in [9.17, 15) is 4.79 Å². The third kappa shape index (κ3) is 2.34. The monoisotopic (exact) mass is 269 g/mol. The molecule has 0 aromatic carbocycles. The number of aromatic nitrogens is 1. The summed E-state index contributed by atoms with van der Waals surface area (Å²) in [5, 5.41) is 0. The van der Waals surface area contributed by atoms with Gasteiger partial charge in [-0.15, -0.1) is 11.6 Å². The molecule has 1 saturated heterocycles. The number of carbonyl (C=O) groups is 1. The van der Waals surface area contributed by atoms with Gasteiger partial charge < -0.3 is 9.30 Å². The number of Topliss-reactive ketones (excluding diaryl/α,β-unsaturated/α-hetero) is 1. The van der Waals surface area contributed by atoms with Crippen molar-refractivity contribution in [3.63, 3.8) is 0 Å². The fourth-order valence-corrected chi connectivity index (χ4v) is 3.05. The molecule has 2 unspecified atom stereocenters. The van der Waals surface area contributed by atoms with E-state index in [4.69, 9.17) is 16.3 Å². The minimum atomic E-state index is -0.00411. The molecule has 0 radical (unpaired) electrons. The minimum absolute atomic E-state index is 0.00411. The Labute approximate surface area is 113 Å². The molecule has 0 amide bonds. The van der Waals surface area contributed by atoms with Crippen molar-refractivity contribution in [1.82, 2.24) is 4.57 Å². The second-order valence-corrected chi connectivity index (χ2v) is 5.27. The van der Waals surface area contributed by atoms with Gasteiger partial charge in [-0.1, -0.05) is 0 Å². The first-order valence-electron chi connectivity index (χ1n) is 6.45. The molecule has 1 aliphatic heterocycles. The molecule has 2 rings (SSSR count). The first-order chi connectivity index (χ1) is 8.56. The second-order valence-electron chi connectivity index (χ2n) is 5.00. The quantitative estimate of drug-likeness (QED) is 0.621. The predicted octanol–water partition coefficient (Wildman–Crippen LogP) is 3.27. The molecule has 0 spiro atoms. The maximum absolute atomic E-state index is 11.8. The van der Waals surface area contributed by atoms with Crippen molar-refractivity contribution in [2.24, 2.45) is 0 Å². The summed E-state index contributed by atoms with van der Waals surface area (Å²) in [6.07, 6.45) is 2.48. The highest BCUT2D eigenvalue weighted by molar-refractivity contribution is 6.30. The SMILES string of the molecule is Cc1cc(C(=O)CCl)c(C)n1C(C)C1CCCO1. The van der Waals surface area contributed by atoms with Crippen LogP contribution in [-0.2, 0) is 4.74 Å². The number of hydrogen-bond acceptors (Lipinski definition) is 2. The summed E-state index contributed by atoms with van der Waals surface area (Å²) in [5.41, 5.74) is 2.84. The Morgan fingerprint density at radius 3 is 2.89 bits per heavy atom. The second kappa shape index (κ2) is 5.45. The fourth-order valence-electron chi connectivity index (χ4n) is 2.91. The maximum Gasteiger partial charge on any atom is 0.179 e. The Hall–Kier alpha value is -0.800. The summed E-state index contributed by atoms with van der Waals surface area (Å²) in [7, 11) is 0. The van der Waals surface area contributed by atoms with Crippen LogP contribution in [0, 0.1) is 13.8 Å². The topological polar surface area (TPSA) is 31.2 Å². The van der Waals surface area contributed by atoms with E-state index in [1.165, 1.54) is 0 Å². The standard InChI is InChI=1S/C14H20ClNO2/c1-9-7-12(13(17)8-15)10(2)16(9)11(3)14-5-4-6-18-14/h7,11,14H,4-6,8H2,1-3H3. The lowest BCUT2D eigenvalue weighted by Gasteiger charge is -2.24. The zero-order valence-electron chi connectivity index (χ0n) is 11.2. The van der Waals surface area contributed by atoms with Crippen molar-refractivity contribution >= 4 is 17.4 Å². The van der Waals surface area contributed by atoms with Crippen LogP contribution in [0.4, 0.5) is 0 Å². The van der Waals surface area contributed by atoms with Crippen LogP contribution in [0.2, 0.25) is 0 Å². The van der Waals surface area contributed by atoms with Gasteiger partial charge in [0.1, 0.15) is 0 Å². The molecular weight excluding hydrogens is 250 g/mol. The number of aryl methyl sites for hydroxylation is 1. The molecule has 0 saturated carbocycles. The number of nitrogens with zero attached hydrogens (tertiary/aromatic N) is 1. The van der Waals surface area contributed by atoms with E-state index in [2.05, 4.69) is 11.5 Å². The molecule has 0 aliphatic carbocycles. The van der Waals surface area contributed by atoms with E-state index in [0.29, 0.717) is 0 Å². The van der Waals surface area contributed by atoms with Gasteiger partial charge in [-0.05, 0) is 39.7 Å². The number of carbonyl (C=O) groups excluding carboxylic acids is 1. The number of alkyl halides is 1. The Morgan fingerprint density at radius 1 is 1.61 bits per heavy atom. The van der Waals surface area contributed by atoms with Gasteiger partial charge in [0.25, 0.3) is 0 Å². The van der Waals surface area contributed by atoms with E-state index in [1.54, 1.807) is 0 Å². The summed E-state index contributed by atoms with van der Waals surface area (Å²) < 4.78 is 7.95. The van der Waals surface area contributed by atoms with Gasteiger partial charge in [0, 0.05) is 23.6 Å². The molecule has 0 bridgehead atoms. The predicted molar refractivity (Wildman–Crippen MR) is 72.6 cm³/mol. The number of halogens is 1. The number of ketones is 1. The van der Waals surface area contributed by atoms with E-state index in [1.807, 2.05) is 19.9 Å². The van der Waals surface area contributed by atoms with Crippen molar-refractivity contribution in [2.75, 3.05) is 12.5 Å². The summed E-state index contributed by atoms with van der Waals surface area (Å²) >= 11 is 5.64. The fraction of sp³-hybridized carbons (Fsp3) is 0.643. The number of hydrogen-bond donors (Lipinski definition) is 0. The van der Waals surface area contributed by atoms with E-state index < -0.39 is 0 Å². The minimum Gasteiger partial charge on any atom is -0.376 e. The molecule has 2 heterocycles. The Balaban J connectivity index is 2.32. The Bertz CT molecular complexity index is 447. The van der Waals surface area contributed by atoms with Crippen LogP contribution in [0.3, 0.4) is 0 Å². The van der Waals surface area contributed by atoms with Gasteiger partial charge >= 0.3 is 0 Å². The summed E-state index contributed by atoms with van der Waals surface area (Å²) in [4.78, 5) is 11.8. The van der Waals surface area contributed by atoms with Gasteiger partial charge in [0.2, 0.25) is 0 Å². The van der Waals surface area contributed by atoms with Gasteiger partial charge in [0.05, 0.1) is 18.0 Å². The summed E-state index contributed by atoms with van der Waals surface area (Å²) in [6.45, 7) is 7.02. The first-order valence-corrected chi connectivity index (χ1v) is 6.99. The third-order valence-corrected chi connectivity index (χ3v) is 4.06. The van der Waals surface area contributed by atoms with Crippen molar-refractivity contribution < 1.29 is 9.53 Å². The molecule has 3 nitrogen and oxygen atoms in total. The highest BCUT2D eigenvalue weighted by Crippen LogP contribution is 2.29. The zero-order chi connectivity index (χ0) is 13.3. The molecule has 100 valence electrons. The zero-order valence-corrected chi connectivity index (χ0v) is 12.0. The van der Waals surface area contributed by atoms with Crippen LogP contribution in [0.15, 0.2) is 6.07 Å². The number of rotatable bonds is 4. The van der Waals surface area contributed by atoms with Crippen LogP contribution in [0.1, 0.15) is 47.6 Å². The van der Waals surface area contributed by atoms with Crippen molar-refractivity contribution in [3.05, 3.63) is 23.0 Å². The lowest BCUT2D eigenvalue weighted by Crippen LogP contribution is -2.22. The largest absolute Gasteiger partial charge is 0.376 e. The molecular formula is C14H20ClNO2. The smallest absolute Gasteiger partial charge is 0.179 e. The molecule has 1 fully saturated rings. The van der Waals surface area contributed by atoms with Gasteiger partial charge in [-0.2, -0.15) is 0 Å². The number of ether oxygens (including phenoxy) is 1. The molecule has 0 N–H and O–H groups in total. The maximum atomic E-state index is 11.8. The highest BCUT2D eigenvalue weighted by atomic mass is 35.5. The lowest BCUT2D eigenvalue weighted by atomic mass is 10.1. The first kappa shape index (κ1) is 13.6. The average Bonchev–Trinajstić information content (AvgIpc) is 2.96. The van der Waals surface area contributed by atoms with E-state index in [0.717, 1.165) is 36.4 Å². The molecule has 1 aromatic rings. The summed E-state index contributed by atoms with van der Waals surface area (Å²) in [5.74, 6) is 0.0362. The molecule has 2 atom stereocenters. The van der Waals surface area contributed by atoms with Crippen LogP contribution >= 0.6 is 11.6 Å². The van der Waals surface area contributed by atoms with Crippen molar-refractivity contribution in [1.29, 1.82) is 0 Å². The molecule has 4 heteroatoms. The van der Waals surface area contributed by atoms with Crippen LogP contribution in [0.25, 0.3) is 0 Å². The van der Waals surface area contributed by atoms with E-state index >= 15 is 0 Å². The molecule has 1 aliphatic rings. The van der Waals surface area contributed by atoms with Crippen molar-refractivity contribution in [3.8, 4) is 0 Å². The molecule has 18 heavy (non-hydrogen) atoms.